The van der Waals surface area contributed by atoms with E-state index in [9.17, 15) is 13.2 Å². The number of hydroxylamine groups is 1. The Hall–Kier alpha value is -1.11. The summed E-state index contributed by atoms with van der Waals surface area (Å²) in [6, 6.07) is 2.26. The summed E-state index contributed by atoms with van der Waals surface area (Å²) in [7, 11) is 0. The quantitative estimate of drug-likeness (QED) is 0.657. The predicted molar refractivity (Wildman–Crippen MR) is 57.0 cm³/mol. The third-order valence-corrected chi connectivity index (χ3v) is 1.94. The molecule has 0 aliphatic heterocycles. The van der Waals surface area contributed by atoms with Crippen LogP contribution in [0, 0.1) is 0 Å². The Balaban J connectivity index is 2.41. The maximum Gasteiger partial charge on any atom is 0.433 e. The third kappa shape index (κ3) is 5.16. The molecule has 0 fully saturated rings. The lowest BCUT2D eigenvalue weighted by atomic mass is 10.2. The van der Waals surface area contributed by atoms with E-state index in [1.807, 2.05) is 0 Å². The minimum absolute atomic E-state index is 0.265. The molecule has 1 aromatic rings. The molecular weight excluding hydrogens is 257 g/mol. The van der Waals surface area contributed by atoms with E-state index >= 15 is 0 Å². The van der Waals surface area contributed by atoms with Crippen molar-refractivity contribution in [2.75, 3.05) is 6.61 Å². The fourth-order valence-corrected chi connectivity index (χ4v) is 1.05. The Morgan fingerprint density at radius 2 is 2.18 bits per heavy atom. The molecule has 0 aromatic carbocycles. The van der Waals surface area contributed by atoms with Gasteiger partial charge in [-0.15, -0.1) is 0 Å². The summed E-state index contributed by atoms with van der Waals surface area (Å²) >= 11 is 5.25. The highest BCUT2D eigenvalue weighted by atomic mass is 35.5. The number of hydrogen-bond donors (Lipinski definition) is 1. The minimum atomic E-state index is -4.41. The van der Waals surface area contributed by atoms with Crippen LogP contribution in [0.4, 0.5) is 13.2 Å². The number of halogens is 4. The van der Waals surface area contributed by atoms with Crippen LogP contribution >= 0.6 is 11.6 Å². The second-order valence-electron chi connectivity index (χ2n) is 3.04. The van der Waals surface area contributed by atoms with Crippen molar-refractivity contribution in [1.29, 1.82) is 0 Å². The molecule has 1 rings (SSSR count). The molecule has 3 nitrogen and oxygen atoms in total. The van der Waals surface area contributed by atoms with Crippen LogP contribution in [-0.4, -0.2) is 11.6 Å². The van der Waals surface area contributed by atoms with Crippen LogP contribution in [0.15, 0.2) is 29.9 Å². The van der Waals surface area contributed by atoms with E-state index in [1.54, 1.807) is 6.08 Å². The van der Waals surface area contributed by atoms with Crippen LogP contribution in [-0.2, 0) is 17.6 Å². The molecule has 0 saturated heterocycles. The van der Waals surface area contributed by atoms with E-state index < -0.39 is 11.9 Å². The number of rotatable bonds is 5. The summed E-state index contributed by atoms with van der Waals surface area (Å²) in [5.74, 6) is 0. The third-order valence-electron chi connectivity index (χ3n) is 1.76. The van der Waals surface area contributed by atoms with E-state index in [4.69, 9.17) is 16.4 Å². The molecule has 1 N–H and O–H groups in total. The zero-order valence-corrected chi connectivity index (χ0v) is 9.42. The maximum atomic E-state index is 12.2. The highest BCUT2D eigenvalue weighted by Gasteiger charge is 2.31. The summed E-state index contributed by atoms with van der Waals surface area (Å²) in [5, 5.41) is 0. The zero-order valence-electron chi connectivity index (χ0n) is 8.67. The van der Waals surface area contributed by atoms with Gasteiger partial charge in [-0.2, -0.15) is 18.7 Å². The summed E-state index contributed by atoms with van der Waals surface area (Å²) in [4.78, 5) is 8.21. The smallest absolute Gasteiger partial charge is 0.297 e. The second kappa shape index (κ2) is 6.58. The lowest BCUT2D eigenvalue weighted by molar-refractivity contribution is -0.141. The molecule has 0 saturated carbocycles. The van der Waals surface area contributed by atoms with Crippen molar-refractivity contribution >= 4 is 11.6 Å². The number of hydrogen-bond acceptors (Lipinski definition) is 3. The summed E-state index contributed by atoms with van der Waals surface area (Å²) in [6.07, 6.45) is -1.69. The normalized spacial score (nSPS) is 12.2. The molecule has 17 heavy (non-hydrogen) atoms. The van der Waals surface area contributed by atoms with Crippen LogP contribution in [0.5, 0.6) is 0 Å². The molecule has 0 unspecified atom stereocenters. The summed E-state index contributed by atoms with van der Waals surface area (Å²) in [6.45, 7) is 0.541. The van der Waals surface area contributed by atoms with E-state index in [2.05, 4.69) is 10.5 Å². The number of alkyl halides is 3. The van der Waals surface area contributed by atoms with Gasteiger partial charge in [0.15, 0.2) is 0 Å². The monoisotopic (exact) mass is 266 g/mol. The standard InChI is InChI=1S/C10H10ClF3N2O/c11-4-1-5-17-16-7-8-2-3-9(15-6-8)10(12,13)14/h1-4,6,16H,5,7H2/b4-1+. The molecular formula is C10H10ClF3N2O. The highest BCUT2D eigenvalue weighted by molar-refractivity contribution is 6.25. The van der Waals surface area contributed by atoms with Gasteiger partial charge in [0.2, 0.25) is 0 Å². The van der Waals surface area contributed by atoms with Gasteiger partial charge in [0.05, 0.1) is 6.61 Å². The number of nitrogens with zero attached hydrogens (tertiary/aromatic N) is 1. The van der Waals surface area contributed by atoms with Gasteiger partial charge >= 0.3 is 6.18 Å². The van der Waals surface area contributed by atoms with Gasteiger partial charge < -0.3 is 0 Å². The Labute approximate surface area is 101 Å². The van der Waals surface area contributed by atoms with Gasteiger partial charge in [-0.1, -0.05) is 17.7 Å². The fraction of sp³-hybridized carbons (Fsp3) is 0.300. The molecule has 7 heteroatoms. The zero-order chi connectivity index (χ0) is 12.7. The fourth-order valence-electron chi connectivity index (χ4n) is 0.975. The van der Waals surface area contributed by atoms with E-state index in [1.165, 1.54) is 11.6 Å². The SMILES string of the molecule is FC(F)(F)c1ccc(CNOC/C=C/Cl)cn1. The predicted octanol–water partition coefficient (Wildman–Crippen LogP) is 2.87. The van der Waals surface area contributed by atoms with Crippen molar-refractivity contribution in [3.8, 4) is 0 Å². The topological polar surface area (TPSA) is 34.1 Å². The average molecular weight is 267 g/mol. The van der Waals surface area contributed by atoms with Crippen molar-refractivity contribution in [1.82, 2.24) is 10.5 Å². The Bertz CT molecular complexity index is 365. The van der Waals surface area contributed by atoms with Gasteiger partial charge in [0.1, 0.15) is 5.69 Å². The van der Waals surface area contributed by atoms with Gasteiger partial charge in [-0.3, -0.25) is 9.82 Å². The van der Waals surface area contributed by atoms with E-state index in [0.717, 1.165) is 12.3 Å². The number of nitrogens with one attached hydrogen (secondary N) is 1. The van der Waals surface area contributed by atoms with Crippen LogP contribution in [0.2, 0.25) is 0 Å². The number of pyridine rings is 1. The molecule has 0 spiro atoms. The first-order chi connectivity index (χ1) is 8.04. The van der Waals surface area contributed by atoms with E-state index in [-0.39, 0.29) is 13.2 Å². The van der Waals surface area contributed by atoms with Crippen LogP contribution in [0.1, 0.15) is 11.3 Å². The highest BCUT2D eigenvalue weighted by Crippen LogP contribution is 2.27. The molecule has 0 atom stereocenters. The van der Waals surface area contributed by atoms with Gasteiger partial charge in [-0.25, -0.2) is 0 Å². The van der Waals surface area contributed by atoms with Gasteiger partial charge in [0.25, 0.3) is 0 Å². The maximum absolute atomic E-state index is 12.2. The first kappa shape index (κ1) is 14.0. The van der Waals surface area contributed by atoms with Crippen molar-refractivity contribution < 1.29 is 18.0 Å². The molecule has 0 aliphatic rings. The van der Waals surface area contributed by atoms with Crippen LogP contribution in [0.3, 0.4) is 0 Å². The Morgan fingerprint density at radius 3 is 2.71 bits per heavy atom. The number of aromatic nitrogens is 1. The summed E-state index contributed by atoms with van der Waals surface area (Å²) < 4.78 is 36.6. The lowest BCUT2D eigenvalue weighted by Crippen LogP contribution is -2.15. The van der Waals surface area contributed by atoms with Gasteiger partial charge in [0, 0.05) is 18.3 Å². The molecule has 1 heterocycles. The first-order valence-electron chi connectivity index (χ1n) is 4.66. The van der Waals surface area contributed by atoms with Crippen molar-refractivity contribution in [3.63, 3.8) is 0 Å². The minimum Gasteiger partial charge on any atom is -0.297 e. The molecule has 0 radical (unpaired) electrons. The molecule has 1 aromatic heterocycles. The molecule has 94 valence electrons. The van der Waals surface area contributed by atoms with Crippen molar-refractivity contribution in [2.24, 2.45) is 0 Å². The average Bonchev–Trinajstić information content (AvgIpc) is 2.28. The Morgan fingerprint density at radius 1 is 1.41 bits per heavy atom. The Kier molecular flexibility index (Phi) is 5.40. The van der Waals surface area contributed by atoms with Crippen molar-refractivity contribution in [3.05, 3.63) is 41.2 Å². The van der Waals surface area contributed by atoms with Crippen molar-refractivity contribution in [2.45, 2.75) is 12.7 Å². The first-order valence-corrected chi connectivity index (χ1v) is 5.09. The largest absolute Gasteiger partial charge is 0.433 e. The molecule has 0 amide bonds. The van der Waals surface area contributed by atoms with Crippen LogP contribution in [0.25, 0.3) is 0 Å². The van der Waals surface area contributed by atoms with Gasteiger partial charge in [-0.05, 0) is 17.7 Å². The molecule has 0 aliphatic carbocycles. The summed E-state index contributed by atoms with van der Waals surface area (Å²) in [5.41, 5.74) is 3.55. The molecule has 0 bridgehead atoms. The van der Waals surface area contributed by atoms with Crippen LogP contribution < -0.4 is 5.48 Å². The van der Waals surface area contributed by atoms with E-state index in [0.29, 0.717) is 5.56 Å². The second-order valence-corrected chi connectivity index (χ2v) is 3.30. The lowest BCUT2D eigenvalue weighted by Gasteiger charge is -2.07.